The van der Waals surface area contributed by atoms with Crippen molar-refractivity contribution >= 4 is 11.5 Å². The van der Waals surface area contributed by atoms with Crippen molar-refractivity contribution in [1.82, 2.24) is 0 Å². The molecule has 0 aliphatic carbocycles. The van der Waals surface area contributed by atoms with Crippen LogP contribution in [0, 0.1) is 11.6 Å². The van der Waals surface area contributed by atoms with Crippen LogP contribution in [-0.4, -0.2) is 26.0 Å². The summed E-state index contributed by atoms with van der Waals surface area (Å²) in [6.45, 7) is 1.03. The van der Waals surface area contributed by atoms with Crippen molar-refractivity contribution in [3.8, 4) is 5.75 Å². The lowest BCUT2D eigenvalue weighted by Crippen LogP contribution is -2.34. The van der Waals surface area contributed by atoms with E-state index in [-0.39, 0.29) is 11.5 Å². The van der Waals surface area contributed by atoms with Crippen molar-refractivity contribution in [2.45, 2.75) is 12.8 Å². The van der Waals surface area contributed by atoms with Crippen LogP contribution >= 0.6 is 0 Å². The third kappa shape index (κ3) is 2.23. The standard InChI is InChI=1S/C12H13F2NO2/c1-17-12-10(3-2-9(13)11(12)14)15-6-4-8(16)5-7-15/h2-3H,4-7H2,1H3. The molecule has 0 aromatic heterocycles. The number of Topliss-reactive ketones (excluding diaryl/α,β-unsaturated/α-hetero) is 1. The number of carbonyl (C=O) groups excluding carboxylic acids is 1. The number of methoxy groups -OCH3 is 1. The minimum Gasteiger partial charge on any atom is -0.491 e. The summed E-state index contributed by atoms with van der Waals surface area (Å²) in [6.07, 6.45) is 0.865. The van der Waals surface area contributed by atoms with Crippen LogP contribution in [0.1, 0.15) is 12.8 Å². The second-order valence-corrected chi connectivity index (χ2v) is 3.94. The largest absolute Gasteiger partial charge is 0.491 e. The number of ketones is 1. The number of nitrogens with zero attached hydrogens (tertiary/aromatic N) is 1. The van der Waals surface area contributed by atoms with Crippen molar-refractivity contribution in [2.24, 2.45) is 0 Å². The van der Waals surface area contributed by atoms with Gasteiger partial charge in [0.05, 0.1) is 12.8 Å². The van der Waals surface area contributed by atoms with Gasteiger partial charge < -0.3 is 9.64 Å². The van der Waals surface area contributed by atoms with Gasteiger partial charge in [0.25, 0.3) is 0 Å². The zero-order chi connectivity index (χ0) is 12.4. The predicted octanol–water partition coefficient (Wildman–Crippen LogP) is 2.14. The van der Waals surface area contributed by atoms with Crippen LogP contribution in [0.5, 0.6) is 5.75 Å². The molecule has 1 fully saturated rings. The normalized spacial score (nSPS) is 16.2. The summed E-state index contributed by atoms with van der Waals surface area (Å²) in [6, 6.07) is 2.55. The number of anilines is 1. The summed E-state index contributed by atoms with van der Waals surface area (Å²) in [7, 11) is 1.30. The molecule has 0 saturated carbocycles. The van der Waals surface area contributed by atoms with Gasteiger partial charge in [0.1, 0.15) is 5.78 Å². The molecule has 1 aromatic rings. The van der Waals surface area contributed by atoms with Crippen LogP contribution < -0.4 is 9.64 Å². The van der Waals surface area contributed by atoms with Gasteiger partial charge in [-0.1, -0.05) is 0 Å². The Kier molecular flexibility index (Phi) is 3.26. The molecule has 17 heavy (non-hydrogen) atoms. The smallest absolute Gasteiger partial charge is 0.202 e. The van der Waals surface area contributed by atoms with E-state index in [1.165, 1.54) is 13.2 Å². The number of hydrogen-bond donors (Lipinski definition) is 0. The van der Waals surface area contributed by atoms with E-state index in [1.807, 2.05) is 4.90 Å². The van der Waals surface area contributed by atoms with E-state index in [0.717, 1.165) is 6.07 Å². The quantitative estimate of drug-likeness (QED) is 0.794. The number of hydrogen-bond acceptors (Lipinski definition) is 3. The predicted molar refractivity (Wildman–Crippen MR) is 59.4 cm³/mol. The van der Waals surface area contributed by atoms with Gasteiger partial charge in [-0.15, -0.1) is 0 Å². The molecule has 0 unspecified atom stereocenters. The van der Waals surface area contributed by atoms with Crippen molar-refractivity contribution in [2.75, 3.05) is 25.1 Å². The molecular formula is C12H13F2NO2. The highest BCUT2D eigenvalue weighted by Crippen LogP contribution is 2.33. The maximum absolute atomic E-state index is 13.5. The van der Waals surface area contributed by atoms with E-state index in [0.29, 0.717) is 31.6 Å². The van der Waals surface area contributed by atoms with Crippen LogP contribution in [0.3, 0.4) is 0 Å². The second kappa shape index (κ2) is 4.69. The molecule has 0 atom stereocenters. The summed E-state index contributed by atoms with van der Waals surface area (Å²) in [5, 5.41) is 0. The third-order valence-electron chi connectivity index (χ3n) is 2.90. The third-order valence-corrected chi connectivity index (χ3v) is 2.90. The van der Waals surface area contributed by atoms with Crippen LogP contribution in [0.4, 0.5) is 14.5 Å². The highest BCUT2D eigenvalue weighted by atomic mass is 19.2. The van der Waals surface area contributed by atoms with Crippen LogP contribution in [0.25, 0.3) is 0 Å². The number of rotatable bonds is 2. The highest BCUT2D eigenvalue weighted by Gasteiger charge is 2.22. The summed E-state index contributed by atoms with van der Waals surface area (Å²) >= 11 is 0. The van der Waals surface area contributed by atoms with Gasteiger partial charge in [-0.2, -0.15) is 4.39 Å². The van der Waals surface area contributed by atoms with Crippen LogP contribution in [0.2, 0.25) is 0 Å². The van der Waals surface area contributed by atoms with Gasteiger partial charge in [-0.05, 0) is 12.1 Å². The van der Waals surface area contributed by atoms with Gasteiger partial charge in [-0.3, -0.25) is 4.79 Å². The van der Waals surface area contributed by atoms with Crippen LogP contribution in [-0.2, 0) is 4.79 Å². The molecule has 0 amide bonds. The van der Waals surface area contributed by atoms with E-state index in [2.05, 4.69) is 0 Å². The van der Waals surface area contributed by atoms with E-state index >= 15 is 0 Å². The Morgan fingerprint density at radius 2 is 1.88 bits per heavy atom. The summed E-state index contributed by atoms with van der Waals surface area (Å²) in [5.74, 6) is -1.82. The van der Waals surface area contributed by atoms with Crippen molar-refractivity contribution < 1.29 is 18.3 Å². The molecule has 0 spiro atoms. The highest BCUT2D eigenvalue weighted by molar-refractivity contribution is 5.81. The Hall–Kier alpha value is -1.65. The Labute approximate surface area is 98.0 Å². The SMILES string of the molecule is COc1c(N2CCC(=O)CC2)ccc(F)c1F. The van der Waals surface area contributed by atoms with E-state index in [4.69, 9.17) is 4.74 Å². The zero-order valence-corrected chi connectivity index (χ0v) is 9.50. The molecule has 1 aliphatic heterocycles. The minimum absolute atomic E-state index is 0.0978. The first-order valence-corrected chi connectivity index (χ1v) is 5.42. The van der Waals surface area contributed by atoms with Crippen molar-refractivity contribution in [1.29, 1.82) is 0 Å². The van der Waals surface area contributed by atoms with E-state index in [1.54, 1.807) is 0 Å². The van der Waals surface area contributed by atoms with Gasteiger partial charge in [-0.25, -0.2) is 4.39 Å². The first-order valence-electron chi connectivity index (χ1n) is 5.42. The summed E-state index contributed by atoms with van der Waals surface area (Å²) < 4.78 is 31.4. The Balaban J connectivity index is 2.32. The topological polar surface area (TPSA) is 29.5 Å². The molecule has 1 heterocycles. The average Bonchev–Trinajstić information content (AvgIpc) is 2.34. The monoisotopic (exact) mass is 241 g/mol. The van der Waals surface area contributed by atoms with Gasteiger partial charge >= 0.3 is 0 Å². The van der Waals surface area contributed by atoms with Gasteiger partial charge in [0.15, 0.2) is 11.6 Å². The molecule has 1 aliphatic rings. The number of ether oxygens (including phenoxy) is 1. The van der Waals surface area contributed by atoms with Crippen molar-refractivity contribution in [3.05, 3.63) is 23.8 Å². The number of halogens is 2. The molecule has 1 saturated heterocycles. The van der Waals surface area contributed by atoms with Crippen molar-refractivity contribution in [3.63, 3.8) is 0 Å². The Morgan fingerprint density at radius 1 is 1.24 bits per heavy atom. The molecular weight excluding hydrogens is 228 g/mol. The fraction of sp³-hybridized carbons (Fsp3) is 0.417. The maximum atomic E-state index is 13.5. The first kappa shape index (κ1) is 11.8. The second-order valence-electron chi connectivity index (χ2n) is 3.94. The molecule has 2 rings (SSSR count). The van der Waals surface area contributed by atoms with Crippen LogP contribution in [0.15, 0.2) is 12.1 Å². The molecule has 92 valence electrons. The molecule has 5 heteroatoms. The lowest BCUT2D eigenvalue weighted by atomic mass is 10.1. The zero-order valence-electron chi connectivity index (χ0n) is 9.50. The van der Waals surface area contributed by atoms with Gasteiger partial charge in [0.2, 0.25) is 5.82 Å². The lowest BCUT2D eigenvalue weighted by molar-refractivity contribution is -0.119. The summed E-state index contributed by atoms with van der Waals surface area (Å²) in [4.78, 5) is 13.0. The first-order chi connectivity index (χ1) is 8.13. The minimum atomic E-state index is -0.984. The van der Waals surface area contributed by atoms with Gasteiger partial charge in [0, 0.05) is 25.9 Å². The number of benzene rings is 1. The fourth-order valence-corrected chi connectivity index (χ4v) is 1.96. The molecule has 0 radical (unpaired) electrons. The Morgan fingerprint density at radius 3 is 2.47 bits per heavy atom. The fourth-order valence-electron chi connectivity index (χ4n) is 1.96. The Bertz CT molecular complexity index is 438. The summed E-state index contributed by atoms with van der Waals surface area (Å²) in [5.41, 5.74) is 0.499. The van der Waals surface area contributed by atoms with E-state index in [9.17, 15) is 13.6 Å². The lowest BCUT2D eigenvalue weighted by Gasteiger charge is -2.29. The number of carbonyl (C=O) groups is 1. The molecule has 1 aromatic carbocycles. The van der Waals surface area contributed by atoms with E-state index < -0.39 is 11.6 Å². The molecule has 3 nitrogen and oxygen atoms in total. The maximum Gasteiger partial charge on any atom is 0.202 e. The average molecular weight is 241 g/mol. The molecule has 0 N–H and O–H groups in total. The molecule has 0 bridgehead atoms. The number of piperidine rings is 1.